The zero-order valence-corrected chi connectivity index (χ0v) is 10.1. The molecule has 0 radical (unpaired) electrons. The van der Waals surface area contributed by atoms with Crippen molar-refractivity contribution in [1.82, 2.24) is 14.5 Å². The second kappa shape index (κ2) is 3.80. The molecule has 0 aromatic carbocycles. The maximum absolute atomic E-state index is 9.92. The number of imidazole rings is 1. The molecule has 0 spiro atoms. The lowest BCUT2D eigenvalue weighted by molar-refractivity contribution is 0.429. The van der Waals surface area contributed by atoms with E-state index in [-0.39, 0.29) is 5.88 Å². The summed E-state index contributed by atoms with van der Waals surface area (Å²) in [6.07, 6.45) is 5.27. The van der Waals surface area contributed by atoms with Crippen LogP contribution >= 0.6 is 0 Å². The van der Waals surface area contributed by atoms with Crippen LogP contribution < -0.4 is 0 Å². The second-order valence-corrected chi connectivity index (χ2v) is 4.16. The normalized spacial score (nSPS) is 15.3. The quantitative estimate of drug-likeness (QED) is 0.830. The van der Waals surface area contributed by atoms with E-state index in [9.17, 15) is 5.11 Å². The van der Waals surface area contributed by atoms with Crippen molar-refractivity contribution in [1.29, 1.82) is 0 Å². The first-order valence-electron chi connectivity index (χ1n) is 5.60. The molecule has 3 rings (SSSR count). The summed E-state index contributed by atoms with van der Waals surface area (Å²) < 4.78 is 1.64. The predicted octanol–water partition coefficient (Wildman–Crippen LogP) is 2.09. The summed E-state index contributed by atoms with van der Waals surface area (Å²) >= 11 is 0. The minimum absolute atomic E-state index is 0.158. The molecule has 0 saturated heterocycles. The maximum atomic E-state index is 9.92. The van der Waals surface area contributed by atoms with Crippen molar-refractivity contribution in [3.05, 3.63) is 35.4 Å². The number of aromatic hydroxyl groups is 1. The largest absolute Gasteiger partial charge is 0.493 e. The lowest BCUT2D eigenvalue weighted by Crippen LogP contribution is -1.89. The van der Waals surface area contributed by atoms with Gasteiger partial charge in [0, 0.05) is 30.6 Å². The number of pyridine rings is 1. The Kier molecular flexibility index (Phi) is 2.26. The molecule has 18 heavy (non-hydrogen) atoms. The van der Waals surface area contributed by atoms with Crippen LogP contribution in [0.5, 0.6) is 5.88 Å². The third kappa shape index (κ3) is 1.52. The van der Waals surface area contributed by atoms with E-state index in [1.807, 2.05) is 25.1 Å². The van der Waals surface area contributed by atoms with Crippen LogP contribution in [-0.4, -0.2) is 25.9 Å². The molecule has 2 aromatic heterocycles. The van der Waals surface area contributed by atoms with Gasteiger partial charge in [0.1, 0.15) is 11.5 Å². The van der Waals surface area contributed by atoms with Gasteiger partial charge in [-0.15, -0.1) is 0 Å². The highest BCUT2D eigenvalue weighted by Crippen LogP contribution is 2.31. The fourth-order valence-electron chi connectivity index (χ4n) is 1.91. The van der Waals surface area contributed by atoms with E-state index in [0.29, 0.717) is 11.5 Å². The van der Waals surface area contributed by atoms with E-state index in [4.69, 9.17) is 0 Å². The lowest BCUT2D eigenvalue weighted by atomic mass is 10.1. The van der Waals surface area contributed by atoms with E-state index in [2.05, 4.69) is 15.0 Å². The third-order valence-corrected chi connectivity index (χ3v) is 3.03. The molecule has 1 aliphatic heterocycles. The molecule has 3 heterocycles. The van der Waals surface area contributed by atoms with Gasteiger partial charge in [0.2, 0.25) is 5.88 Å². The topological polar surface area (TPSA) is 63.3 Å². The van der Waals surface area contributed by atoms with Crippen molar-refractivity contribution < 1.29 is 5.11 Å². The average molecular weight is 240 g/mol. The molecule has 0 aliphatic carbocycles. The van der Waals surface area contributed by atoms with Gasteiger partial charge in [0.25, 0.3) is 0 Å². The third-order valence-electron chi connectivity index (χ3n) is 3.03. The summed E-state index contributed by atoms with van der Waals surface area (Å²) in [4.78, 5) is 12.7. The number of aromatic nitrogens is 3. The molecule has 0 unspecified atom stereocenters. The molecular formula is C13H12N4O. The Morgan fingerprint density at radius 2 is 2.22 bits per heavy atom. The summed E-state index contributed by atoms with van der Waals surface area (Å²) in [5.74, 6) is 1.63. The van der Waals surface area contributed by atoms with Gasteiger partial charge in [-0.3, -0.25) is 0 Å². The minimum Gasteiger partial charge on any atom is -0.493 e. The van der Waals surface area contributed by atoms with E-state index < -0.39 is 0 Å². The smallest absolute Gasteiger partial charge is 0.218 e. The Hall–Kier alpha value is -2.43. The van der Waals surface area contributed by atoms with E-state index in [0.717, 1.165) is 17.0 Å². The van der Waals surface area contributed by atoms with Crippen LogP contribution in [-0.2, 0) is 7.05 Å². The highest BCUT2D eigenvalue weighted by atomic mass is 16.3. The Morgan fingerprint density at radius 1 is 1.39 bits per heavy atom. The number of hydrogen-bond donors (Lipinski definition) is 1. The minimum atomic E-state index is 0.158. The molecule has 1 N–H and O–H groups in total. The van der Waals surface area contributed by atoms with Crippen molar-refractivity contribution in [2.45, 2.75) is 6.92 Å². The Morgan fingerprint density at radius 3 is 2.94 bits per heavy atom. The number of fused-ring (bicyclic) bond motifs is 1. The number of hydrogen-bond acceptors (Lipinski definition) is 4. The Bertz CT molecular complexity index is 682. The molecule has 0 saturated carbocycles. The molecule has 0 atom stereocenters. The first kappa shape index (κ1) is 10.7. The Labute approximate surface area is 104 Å². The number of aliphatic imine (C=N–C) groups is 1. The van der Waals surface area contributed by atoms with Crippen LogP contribution in [0, 0.1) is 6.92 Å². The number of nitrogens with zero attached hydrogens (tertiary/aromatic N) is 4. The summed E-state index contributed by atoms with van der Waals surface area (Å²) in [7, 11) is 1.78. The average Bonchev–Trinajstić information content (AvgIpc) is 2.89. The summed E-state index contributed by atoms with van der Waals surface area (Å²) in [6.45, 7) is 1.85. The fourth-order valence-corrected chi connectivity index (χ4v) is 1.91. The van der Waals surface area contributed by atoms with Crippen LogP contribution in [0.25, 0.3) is 11.6 Å². The van der Waals surface area contributed by atoms with Crippen molar-refractivity contribution in [2.75, 3.05) is 0 Å². The molecular weight excluding hydrogens is 228 g/mol. The molecule has 5 nitrogen and oxygen atoms in total. The first-order chi connectivity index (χ1) is 8.66. The highest BCUT2D eigenvalue weighted by molar-refractivity contribution is 6.20. The molecule has 0 fully saturated rings. The monoisotopic (exact) mass is 240 g/mol. The van der Waals surface area contributed by atoms with Crippen LogP contribution in [0.1, 0.15) is 17.1 Å². The fraction of sp³-hybridized carbons (Fsp3) is 0.154. The van der Waals surface area contributed by atoms with Crippen LogP contribution in [0.4, 0.5) is 5.82 Å². The summed E-state index contributed by atoms with van der Waals surface area (Å²) in [5, 5.41) is 9.92. The van der Waals surface area contributed by atoms with Gasteiger partial charge >= 0.3 is 0 Å². The molecule has 0 bridgehead atoms. The van der Waals surface area contributed by atoms with Crippen molar-refractivity contribution >= 4 is 23.7 Å². The Balaban J connectivity index is 2.09. The van der Waals surface area contributed by atoms with Gasteiger partial charge in [-0.05, 0) is 25.1 Å². The second-order valence-electron chi connectivity index (χ2n) is 4.16. The van der Waals surface area contributed by atoms with Gasteiger partial charge in [-0.2, -0.15) is 0 Å². The lowest BCUT2D eigenvalue weighted by Gasteiger charge is -1.97. The van der Waals surface area contributed by atoms with Crippen LogP contribution in [0.3, 0.4) is 0 Å². The molecule has 90 valence electrons. The number of allylic oxidation sites excluding steroid dienone is 1. The summed E-state index contributed by atoms with van der Waals surface area (Å²) in [5.41, 5.74) is 2.42. The van der Waals surface area contributed by atoms with Gasteiger partial charge in [0.05, 0.1) is 0 Å². The van der Waals surface area contributed by atoms with E-state index >= 15 is 0 Å². The molecule has 0 amide bonds. The van der Waals surface area contributed by atoms with Gasteiger partial charge in [0.15, 0.2) is 5.82 Å². The van der Waals surface area contributed by atoms with Crippen molar-refractivity contribution in [3.8, 4) is 5.88 Å². The molecule has 5 heteroatoms. The zero-order valence-electron chi connectivity index (χ0n) is 10.1. The van der Waals surface area contributed by atoms with Gasteiger partial charge in [-0.25, -0.2) is 15.0 Å². The SMILES string of the molecule is Cc1nc(C=C2C=Nc3ncccc32)c(O)n1C. The molecule has 1 aliphatic rings. The maximum Gasteiger partial charge on any atom is 0.218 e. The standard InChI is InChI=1S/C13H12N4O/c1-8-16-11(13(18)17(8)2)6-9-7-15-12-10(9)4-3-5-14-12/h3-7,18H,1-2H3. The predicted molar refractivity (Wildman–Crippen MR) is 69.9 cm³/mol. The molecule has 2 aromatic rings. The van der Waals surface area contributed by atoms with Crippen molar-refractivity contribution in [2.24, 2.45) is 12.0 Å². The van der Waals surface area contributed by atoms with Crippen molar-refractivity contribution in [3.63, 3.8) is 0 Å². The van der Waals surface area contributed by atoms with Crippen LogP contribution in [0.15, 0.2) is 23.3 Å². The van der Waals surface area contributed by atoms with E-state index in [1.54, 1.807) is 24.0 Å². The van der Waals surface area contributed by atoms with Gasteiger partial charge in [-0.1, -0.05) is 0 Å². The highest BCUT2D eigenvalue weighted by Gasteiger charge is 2.15. The first-order valence-corrected chi connectivity index (χ1v) is 5.60. The zero-order chi connectivity index (χ0) is 12.7. The van der Waals surface area contributed by atoms with Crippen LogP contribution in [0.2, 0.25) is 0 Å². The summed E-state index contributed by atoms with van der Waals surface area (Å²) in [6, 6.07) is 3.82. The number of rotatable bonds is 1. The van der Waals surface area contributed by atoms with E-state index in [1.165, 1.54) is 0 Å². The van der Waals surface area contributed by atoms with Gasteiger partial charge < -0.3 is 9.67 Å². The number of aryl methyl sites for hydroxylation is 1.